The number of sulfone groups is 1. The van der Waals surface area contributed by atoms with Gasteiger partial charge in [0.25, 0.3) is 0 Å². The summed E-state index contributed by atoms with van der Waals surface area (Å²) in [7, 11) is -3.58. The minimum atomic E-state index is -3.58. The molecule has 0 aromatic heterocycles. The number of halogens is 2. The van der Waals surface area contributed by atoms with Gasteiger partial charge in [0.05, 0.1) is 16.9 Å². The quantitative estimate of drug-likeness (QED) is 0.480. The van der Waals surface area contributed by atoms with Gasteiger partial charge in [-0.15, -0.1) is 0 Å². The Morgan fingerprint density at radius 1 is 0.897 bits per heavy atom. The number of rotatable bonds is 4. The second kappa shape index (κ2) is 7.97. The lowest BCUT2D eigenvalue weighted by atomic mass is 9.95. The summed E-state index contributed by atoms with van der Waals surface area (Å²) in [5.74, 6) is 0.0630. The number of hydrogen-bond donors (Lipinski definition) is 0. The van der Waals surface area contributed by atoms with Gasteiger partial charge in [-0.05, 0) is 51.8 Å². The Labute approximate surface area is 177 Å². The van der Waals surface area contributed by atoms with Crippen LogP contribution in [0, 0.1) is 5.82 Å². The van der Waals surface area contributed by atoms with Crippen LogP contribution in [0.2, 0.25) is 0 Å². The van der Waals surface area contributed by atoms with Crippen LogP contribution in [0.3, 0.4) is 0 Å². The summed E-state index contributed by atoms with van der Waals surface area (Å²) in [5, 5.41) is 0. The van der Waals surface area contributed by atoms with Crippen LogP contribution in [-0.4, -0.2) is 14.2 Å². The molecule has 29 heavy (non-hydrogen) atoms. The molecular weight excluding hydrogens is 455 g/mol. The first-order valence-corrected chi connectivity index (χ1v) is 11.3. The number of ether oxygens (including phenoxy) is 1. The average Bonchev–Trinajstić information content (AvgIpc) is 2.74. The Kier molecular flexibility index (Phi) is 5.39. The highest BCUT2D eigenvalue weighted by molar-refractivity contribution is 9.15. The molecule has 0 atom stereocenters. The standard InChI is InChI=1S/C23H16BrFO3S/c24-23(16-10-12-18(25)13-11-16)22-17(14-28-21-9-5-4-8-20(21)22)15-29(26,27)19-6-2-1-3-7-19/h1-14H,15H2/b23-22-. The number of para-hydroxylation sites is 1. The van der Waals surface area contributed by atoms with Crippen LogP contribution in [0.1, 0.15) is 11.1 Å². The zero-order valence-corrected chi connectivity index (χ0v) is 17.6. The summed E-state index contributed by atoms with van der Waals surface area (Å²) < 4.78 is 45.7. The van der Waals surface area contributed by atoms with Crippen molar-refractivity contribution in [3.05, 3.63) is 108 Å². The van der Waals surface area contributed by atoms with E-state index in [9.17, 15) is 12.8 Å². The van der Waals surface area contributed by atoms with Gasteiger partial charge in [-0.3, -0.25) is 0 Å². The number of benzene rings is 3. The fourth-order valence-electron chi connectivity index (χ4n) is 3.16. The molecule has 0 unspecified atom stereocenters. The van der Waals surface area contributed by atoms with E-state index in [1.54, 1.807) is 42.5 Å². The minimum absolute atomic E-state index is 0.225. The first-order valence-electron chi connectivity index (χ1n) is 8.85. The van der Waals surface area contributed by atoms with Crippen molar-refractivity contribution >= 4 is 35.8 Å². The molecule has 3 aromatic rings. The predicted molar refractivity (Wildman–Crippen MR) is 116 cm³/mol. The molecule has 0 fully saturated rings. The minimum Gasteiger partial charge on any atom is -0.464 e. The van der Waals surface area contributed by atoms with Gasteiger partial charge in [-0.2, -0.15) is 0 Å². The first-order chi connectivity index (χ1) is 14.0. The van der Waals surface area contributed by atoms with E-state index in [1.807, 2.05) is 24.3 Å². The lowest BCUT2D eigenvalue weighted by molar-refractivity contribution is 0.470. The average molecular weight is 471 g/mol. The highest BCUT2D eigenvalue weighted by atomic mass is 79.9. The van der Waals surface area contributed by atoms with Gasteiger partial charge in [0, 0.05) is 21.2 Å². The Hall–Kier alpha value is -2.70. The molecule has 1 heterocycles. The molecule has 6 heteroatoms. The van der Waals surface area contributed by atoms with Crippen molar-refractivity contribution in [3.63, 3.8) is 0 Å². The van der Waals surface area contributed by atoms with Crippen molar-refractivity contribution in [1.29, 1.82) is 0 Å². The van der Waals surface area contributed by atoms with Crippen LogP contribution in [0.5, 0.6) is 5.75 Å². The van der Waals surface area contributed by atoms with E-state index in [2.05, 4.69) is 15.9 Å². The van der Waals surface area contributed by atoms with Crippen molar-refractivity contribution in [3.8, 4) is 5.75 Å². The van der Waals surface area contributed by atoms with Gasteiger partial charge in [-0.1, -0.05) is 48.5 Å². The van der Waals surface area contributed by atoms with Crippen LogP contribution in [0.25, 0.3) is 10.1 Å². The largest absolute Gasteiger partial charge is 0.464 e. The van der Waals surface area contributed by atoms with E-state index in [4.69, 9.17) is 4.74 Å². The monoisotopic (exact) mass is 470 g/mol. The molecule has 0 N–H and O–H groups in total. The molecule has 0 bridgehead atoms. The molecule has 3 nitrogen and oxygen atoms in total. The van der Waals surface area contributed by atoms with Crippen molar-refractivity contribution < 1.29 is 17.5 Å². The Morgan fingerprint density at radius 2 is 1.55 bits per heavy atom. The molecule has 1 aliphatic heterocycles. The van der Waals surface area contributed by atoms with Crippen LogP contribution < -0.4 is 4.74 Å². The molecule has 0 aliphatic carbocycles. The summed E-state index contributed by atoms with van der Waals surface area (Å²) >= 11 is 3.61. The van der Waals surface area contributed by atoms with Gasteiger partial charge in [0.1, 0.15) is 11.6 Å². The third-order valence-electron chi connectivity index (χ3n) is 4.57. The van der Waals surface area contributed by atoms with E-state index in [0.717, 1.165) is 11.1 Å². The van der Waals surface area contributed by atoms with Gasteiger partial charge in [0.15, 0.2) is 9.84 Å². The van der Waals surface area contributed by atoms with Gasteiger partial charge >= 0.3 is 0 Å². The third kappa shape index (κ3) is 4.04. The van der Waals surface area contributed by atoms with Crippen LogP contribution in [0.15, 0.2) is 95.6 Å². The third-order valence-corrected chi connectivity index (χ3v) is 7.11. The van der Waals surface area contributed by atoms with Crippen molar-refractivity contribution in [2.45, 2.75) is 4.90 Å². The molecule has 0 saturated heterocycles. The smallest absolute Gasteiger partial charge is 0.182 e. The summed E-state index contributed by atoms with van der Waals surface area (Å²) in [6, 6.07) is 21.7. The van der Waals surface area contributed by atoms with Crippen molar-refractivity contribution in [2.75, 3.05) is 5.75 Å². The zero-order chi connectivity index (χ0) is 20.4. The maximum Gasteiger partial charge on any atom is 0.182 e. The maximum atomic E-state index is 13.4. The highest BCUT2D eigenvalue weighted by Crippen LogP contribution is 2.43. The van der Waals surface area contributed by atoms with E-state index in [-0.39, 0.29) is 16.5 Å². The molecule has 0 radical (unpaired) electrons. The lowest BCUT2D eigenvalue weighted by Gasteiger charge is -2.22. The van der Waals surface area contributed by atoms with E-state index in [0.29, 0.717) is 21.4 Å². The second-order valence-electron chi connectivity index (χ2n) is 6.53. The van der Waals surface area contributed by atoms with Crippen LogP contribution in [-0.2, 0) is 9.84 Å². The predicted octanol–water partition coefficient (Wildman–Crippen LogP) is 5.84. The molecule has 3 aromatic carbocycles. The highest BCUT2D eigenvalue weighted by Gasteiger charge is 2.27. The summed E-state index contributed by atoms with van der Waals surface area (Å²) in [4.78, 5) is 0.247. The fourth-order valence-corrected chi connectivity index (χ4v) is 5.26. The molecule has 0 amide bonds. The number of hydrogen-bond acceptors (Lipinski definition) is 3. The lowest BCUT2D eigenvalue weighted by Crippen LogP contribution is -2.14. The van der Waals surface area contributed by atoms with E-state index < -0.39 is 9.84 Å². The summed E-state index contributed by atoms with van der Waals surface area (Å²) in [5.41, 5.74) is 2.73. The topological polar surface area (TPSA) is 43.4 Å². The van der Waals surface area contributed by atoms with Gasteiger partial charge in [0.2, 0.25) is 0 Å². The molecule has 146 valence electrons. The number of allylic oxidation sites excluding steroid dienone is 1. The molecule has 0 saturated carbocycles. The van der Waals surface area contributed by atoms with Gasteiger partial charge in [-0.25, -0.2) is 12.8 Å². The Bertz CT molecular complexity index is 1210. The van der Waals surface area contributed by atoms with E-state index in [1.165, 1.54) is 18.4 Å². The summed E-state index contributed by atoms with van der Waals surface area (Å²) in [6.07, 6.45) is 1.48. The maximum absolute atomic E-state index is 13.4. The van der Waals surface area contributed by atoms with E-state index >= 15 is 0 Å². The Morgan fingerprint density at radius 3 is 2.28 bits per heavy atom. The molecule has 4 rings (SSSR count). The van der Waals surface area contributed by atoms with Crippen LogP contribution in [0.4, 0.5) is 4.39 Å². The normalized spacial score (nSPS) is 15.2. The van der Waals surface area contributed by atoms with Crippen LogP contribution >= 0.6 is 15.9 Å². The SMILES string of the molecule is O=S(=O)(CC1=COc2ccccc2/C1=C(\Br)c1ccc(F)cc1)c1ccccc1. The molecule has 1 aliphatic rings. The number of fused-ring (bicyclic) bond motifs is 1. The zero-order valence-electron chi connectivity index (χ0n) is 15.2. The Balaban J connectivity index is 1.84. The van der Waals surface area contributed by atoms with Gasteiger partial charge < -0.3 is 4.74 Å². The van der Waals surface area contributed by atoms with Crippen molar-refractivity contribution in [2.24, 2.45) is 0 Å². The second-order valence-corrected chi connectivity index (χ2v) is 9.31. The van der Waals surface area contributed by atoms with Crippen molar-refractivity contribution in [1.82, 2.24) is 0 Å². The molecule has 0 spiro atoms. The first kappa shape index (κ1) is 19.6. The summed E-state index contributed by atoms with van der Waals surface area (Å²) in [6.45, 7) is 0. The fraction of sp³-hybridized carbons (Fsp3) is 0.0435. The molecular formula is C23H16BrFO3S.